The van der Waals surface area contributed by atoms with Gasteiger partial charge in [-0.15, -0.1) is 0 Å². The molecule has 1 atom stereocenters. The minimum Gasteiger partial charge on any atom is -0.0617 e. The molecule has 1 aromatic carbocycles. The first-order valence-electron chi connectivity index (χ1n) is 4.90. The lowest BCUT2D eigenvalue weighted by Crippen LogP contribution is -2.12. The molecule has 0 radical (unpaired) electrons. The molecule has 2 rings (SSSR count). The highest BCUT2D eigenvalue weighted by atomic mass is 35.7. The predicted molar refractivity (Wildman–Crippen MR) is 67.1 cm³/mol. The van der Waals surface area contributed by atoms with Gasteiger partial charge in [-0.3, -0.25) is 0 Å². The molecule has 0 spiro atoms. The van der Waals surface area contributed by atoms with Gasteiger partial charge in [-0.2, -0.15) is 0 Å². The highest BCUT2D eigenvalue weighted by Crippen LogP contribution is 2.67. The molecule has 0 N–H and O–H groups in total. The lowest BCUT2D eigenvalue weighted by molar-refractivity contribution is 1.42. The van der Waals surface area contributed by atoms with Crippen molar-refractivity contribution in [2.45, 2.75) is 13.8 Å². The van der Waals surface area contributed by atoms with Crippen LogP contribution in [0.15, 0.2) is 35.9 Å². The number of aryl methyl sites for hydroxylation is 1. The van der Waals surface area contributed by atoms with Gasteiger partial charge in [0.25, 0.3) is 0 Å². The summed E-state index contributed by atoms with van der Waals surface area (Å²) in [5, 5.41) is 1.40. The SMILES string of the molecule is CC1=CC[P+](Cl)(c2ccccc2C)C1. The Balaban J connectivity index is 2.37. The molecule has 0 amide bonds. The molecule has 2 heteroatoms. The van der Waals surface area contributed by atoms with Crippen LogP contribution in [-0.4, -0.2) is 12.3 Å². The molecule has 1 heterocycles. The Morgan fingerprint density at radius 1 is 1.21 bits per heavy atom. The maximum Gasteiger partial charge on any atom is 0.154 e. The topological polar surface area (TPSA) is 0 Å². The van der Waals surface area contributed by atoms with E-state index in [1.165, 1.54) is 16.4 Å². The first-order valence-corrected chi connectivity index (χ1v) is 7.97. The smallest absolute Gasteiger partial charge is 0.0617 e. The third-order valence-corrected chi connectivity index (χ3v) is 7.22. The van der Waals surface area contributed by atoms with Gasteiger partial charge >= 0.3 is 0 Å². The zero-order chi connectivity index (χ0) is 10.2. The Morgan fingerprint density at radius 2 is 1.93 bits per heavy atom. The minimum absolute atomic E-state index is 1.07. The van der Waals surface area contributed by atoms with E-state index in [1.807, 2.05) is 0 Å². The van der Waals surface area contributed by atoms with E-state index in [9.17, 15) is 0 Å². The van der Waals surface area contributed by atoms with Gasteiger partial charge in [0.15, 0.2) is 6.62 Å². The molecule has 0 bridgehead atoms. The van der Waals surface area contributed by atoms with E-state index in [2.05, 4.69) is 44.2 Å². The third kappa shape index (κ3) is 1.74. The maximum atomic E-state index is 6.76. The quantitative estimate of drug-likeness (QED) is 0.504. The van der Waals surface area contributed by atoms with Gasteiger partial charge in [0.05, 0.1) is 17.4 Å². The standard InChI is InChI=1S/C12H15ClP/c1-10-7-8-14(13,9-10)12-6-4-3-5-11(12)2/h3-7H,8-9H2,1-2H3/q+1. The van der Waals surface area contributed by atoms with Crippen LogP contribution in [-0.2, 0) is 0 Å². The van der Waals surface area contributed by atoms with E-state index in [4.69, 9.17) is 11.2 Å². The van der Waals surface area contributed by atoms with Crippen LogP contribution in [0.2, 0.25) is 0 Å². The monoisotopic (exact) mass is 225 g/mol. The maximum absolute atomic E-state index is 6.76. The van der Waals surface area contributed by atoms with Gasteiger partial charge in [0.1, 0.15) is 11.5 Å². The van der Waals surface area contributed by atoms with E-state index in [0.717, 1.165) is 12.3 Å². The van der Waals surface area contributed by atoms with Crippen molar-refractivity contribution >= 4 is 23.2 Å². The molecule has 74 valence electrons. The molecule has 0 saturated heterocycles. The molecular weight excluding hydrogens is 211 g/mol. The second-order valence-electron chi connectivity index (χ2n) is 4.04. The molecule has 1 unspecified atom stereocenters. The summed E-state index contributed by atoms with van der Waals surface area (Å²) in [5.41, 5.74) is 2.80. The number of allylic oxidation sites excluding steroid dienone is 2. The summed E-state index contributed by atoms with van der Waals surface area (Å²) in [5.74, 6) is 0. The normalized spacial score (nSPS) is 26.4. The summed E-state index contributed by atoms with van der Waals surface area (Å²) in [6.45, 7) is 2.96. The number of hydrogen-bond donors (Lipinski definition) is 0. The molecule has 0 aromatic heterocycles. The van der Waals surface area contributed by atoms with E-state index < -0.39 is 6.62 Å². The summed E-state index contributed by atoms with van der Waals surface area (Å²) in [4.78, 5) is 0. The average Bonchev–Trinajstić information content (AvgIpc) is 2.48. The fourth-order valence-electron chi connectivity index (χ4n) is 2.02. The second kappa shape index (κ2) is 3.68. The van der Waals surface area contributed by atoms with Crippen molar-refractivity contribution < 1.29 is 0 Å². The van der Waals surface area contributed by atoms with Crippen molar-refractivity contribution in [3.05, 3.63) is 41.5 Å². The van der Waals surface area contributed by atoms with E-state index in [1.54, 1.807) is 0 Å². The average molecular weight is 226 g/mol. The van der Waals surface area contributed by atoms with Crippen LogP contribution < -0.4 is 5.30 Å². The Morgan fingerprint density at radius 3 is 2.50 bits per heavy atom. The van der Waals surface area contributed by atoms with Crippen molar-refractivity contribution in [1.82, 2.24) is 0 Å². The van der Waals surface area contributed by atoms with Gasteiger partial charge in [-0.05, 0) is 37.1 Å². The summed E-state index contributed by atoms with van der Waals surface area (Å²) in [7, 11) is 0. The molecule has 1 aliphatic heterocycles. The minimum atomic E-state index is -1.39. The predicted octanol–water partition coefficient (Wildman–Crippen LogP) is 3.75. The zero-order valence-electron chi connectivity index (χ0n) is 8.63. The molecular formula is C12H15ClP+. The van der Waals surface area contributed by atoms with Crippen molar-refractivity contribution in [3.8, 4) is 0 Å². The molecule has 0 aliphatic carbocycles. The van der Waals surface area contributed by atoms with Crippen LogP contribution in [0.1, 0.15) is 12.5 Å². The van der Waals surface area contributed by atoms with Crippen LogP contribution in [0.3, 0.4) is 0 Å². The number of hydrogen-bond acceptors (Lipinski definition) is 0. The largest absolute Gasteiger partial charge is 0.154 e. The van der Waals surface area contributed by atoms with Gasteiger partial charge in [-0.25, -0.2) is 0 Å². The Labute approximate surface area is 91.1 Å². The van der Waals surface area contributed by atoms with Crippen molar-refractivity contribution in [1.29, 1.82) is 0 Å². The number of rotatable bonds is 1. The van der Waals surface area contributed by atoms with Crippen molar-refractivity contribution in [3.63, 3.8) is 0 Å². The van der Waals surface area contributed by atoms with Gasteiger partial charge < -0.3 is 0 Å². The summed E-state index contributed by atoms with van der Waals surface area (Å²) < 4.78 is 0. The van der Waals surface area contributed by atoms with Gasteiger partial charge in [0, 0.05) is 0 Å². The third-order valence-electron chi connectivity index (χ3n) is 2.78. The first kappa shape index (κ1) is 10.2. The summed E-state index contributed by atoms with van der Waals surface area (Å²) >= 11 is 6.76. The zero-order valence-corrected chi connectivity index (χ0v) is 10.3. The Kier molecular flexibility index (Phi) is 2.68. The van der Waals surface area contributed by atoms with Crippen LogP contribution >= 0.6 is 17.9 Å². The van der Waals surface area contributed by atoms with E-state index in [-0.39, 0.29) is 0 Å². The first-order chi connectivity index (χ1) is 6.62. The second-order valence-corrected chi connectivity index (χ2v) is 8.87. The van der Waals surface area contributed by atoms with E-state index in [0.29, 0.717) is 0 Å². The molecule has 0 fully saturated rings. The lowest BCUT2D eigenvalue weighted by atomic mass is 10.2. The highest BCUT2D eigenvalue weighted by molar-refractivity contribution is 8.05. The molecule has 14 heavy (non-hydrogen) atoms. The fraction of sp³-hybridized carbons (Fsp3) is 0.333. The molecule has 1 aliphatic rings. The lowest BCUT2D eigenvalue weighted by Gasteiger charge is -2.14. The van der Waals surface area contributed by atoms with Gasteiger partial charge in [-0.1, -0.05) is 18.2 Å². The molecule has 1 aromatic rings. The number of halogens is 1. The number of benzene rings is 1. The van der Waals surface area contributed by atoms with E-state index >= 15 is 0 Å². The van der Waals surface area contributed by atoms with Crippen LogP contribution in [0, 0.1) is 6.92 Å². The highest BCUT2D eigenvalue weighted by Gasteiger charge is 2.42. The Hall–Kier alpha value is -0.320. The fourth-order valence-corrected chi connectivity index (χ4v) is 6.44. The van der Waals surface area contributed by atoms with Crippen LogP contribution in [0.4, 0.5) is 0 Å². The van der Waals surface area contributed by atoms with Crippen molar-refractivity contribution in [2.75, 3.05) is 12.3 Å². The van der Waals surface area contributed by atoms with Crippen LogP contribution in [0.25, 0.3) is 0 Å². The summed E-state index contributed by atoms with van der Waals surface area (Å²) in [6, 6.07) is 8.54. The summed E-state index contributed by atoms with van der Waals surface area (Å²) in [6.07, 6.45) is 4.47. The molecule has 0 saturated carbocycles. The van der Waals surface area contributed by atoms with Gasteiger partial charge in [0.2, 0.25) is 0 Å². The molecule has 0 nitrogen and oxygen atoms in total. The van der Waals surface area contributed by atoms with Crippen LogP contribution in [0.5, 0.6) is 0 Å². The Bertz CT molecular complexity index is 384. The van der Waals surface area contributed by atoms with Crippen molar-refractivity contribution in [2.24, 2.45) is 0 Å².